The van der Waals surface area contributed by atoms with Gasteiger partial charge in [0.1, 0.15) is 18.2 Å². The second-order valence-corrected chi connectivity index (χ2v) is 8.10. The lowest BCUT2D eigenvalue weighted by Gasteiger charge is -2.28. The second kappa shape index (κ2) is 8.26. The summed E-state index contributed by atoms with van der Waals surface area (Å²) < 4.78 is 50.6. The van der Waals surface area contributed by atoms with Gasteiger partial charge in [0.2, 0.25) is 0 Å². The van der Waals surface area contributed by atoms with Gasteiger partial charge in [0.15, 0.2) is 17.3 Å². The second-order valence-electron chi connectivity index (χ2n) is 7.72. The van der Waals surface area contributed by atoms with Crippen LogP contribution in [0.4, 0.5) is 18.9 Å². The lowest BCUT2D eigenvalue weighted by atomic mass is 10.0. The highest BCUT2D eigenvalue weighted by atomic mass is 35.5. The number of pyridine rings is 1. The van der Waals surface area contributed by atoms with Gasteiger partial charge in [-0.05, 0) is 42.7 Å². The van der Waals surface area contributed by atoms with Crippen molar-refractivity contribution in [2.24, 2.45) is 0 Å². The molecule has 2 aliphatic heterocycles. The third-order valence-electron chi connectivity index (χ3n) is 5.71. The van der Waals surface area contributed by atoms with E-state index in [1.165, 1.54) is 6.20 Å². The molecule has 7 nitrogen and oxygen atoms in total. The van der Waals surface area contributed by atoms with Gasteiger partial charge in [-0.3, -0.25) is 4.79 Å². The summed E-state index contributed by atoms with van der Waals surface area (Å²) in [4.78, 5) is 18.6. The Morgan fingerprint density at radius 3 is 2.58 bits per heavy atom. The largest absolute Gasteiger partial charge is 0.486 e. The zero-order chi connectivity index (χ0) is 23.2. The number of halogens is 4. The van der Waals surface area contributed by atoms with E-state index in [4.69, 9.17) is 21.1 Å². The van der Waals surface area contributed by atoms with Gasteiger partial charge in [-0.2, -0.15) is 23.0 Å². The van der Waals surface area contributed by atoms with Gasteiger partial charge in [0.25, 0.3) is 5.56 Å². The first kappa shape index (κ1) is 21.6. The number of nitrogens with zero attached hydrogens (tertiary/aromatic N) is 4. The molecule has 1 aromatic carbocycles. The minimum Gasteiger partial charge on any atom is -0.486 e. The molecule has 3 aromatic rings. The van der Waals surface area contributed by atoms with Crippen LogP contribution in [0.3, 0.4) is 0 Å². The lowest BCUT2D eigenvalue weighted by molar-refractivity contribution is -0.137. The third-order valence-corrected chi connectivity index (χ3v) is 6.06. The molecule has 11 heteroatoms. The van der Waals surface area contributed by atoms with E-state index in [0.29, 0.717) is 43.1 Å². The number of anilines is 1. The van der Waals surface area contributed by atoms with Crippen LogP contribution in [-0.4, -0.2) is 34.5 Å². The zero-order valence-corrected chi connectivity index (χ0v) is 17.9. The summed E-state index contributed by atoms with van der Waals surface area (Å²) in [6, 6.07) is 7.66. The molecule has 1 atom stereocenters. The van der Waals surface area contributed by atoms with E-state index in [1.807, 2.05) is 23.1 Å². The Bertz CT molecular complexity index is 1250. The van der Waals surface area contributed by atoms with Crippen molar-refractivity contribution in [2.75, 3.05) is 24.7 Å². The molecule has 33 heavy (non-hydrogen) atoms. The molecule has 0 spiro atoms. The Morgan fingerprint density at radius 1 is 1.06 bits per heavy atom. The first-order valence-corrected chi connectivity index (χ1v) is 10.7. The topological polar surface area (TPSA) is 69.5 Å². The smallest absolute Gasteiger partial charge is 0.417 e. The molecular formula is C22H18ClF3N4O3. The standard InChI is InChI=1S/C22H18ClF3N4O3/c23-20-16(12-28-30(21(20)31)19-6-4-14(11-27-19)22(24,25)26)29-7-1-2-15(29)13-3-5-17-18(10-13)33-9-8-32-17/h3-6,10-12,15H,1-2,7-9H2. The van der Waals surface area contributed by atoms with Crippen molar-refractivity contribution in [2.45, 2.75) is 25.1 Å². The van der Waals surface area contributed by atoms with Crippen LogP contribution in [0.2, 0.25) is 5.02 Å². The van der Waals surface area contributed by atoms with Crippen molar-refractivity contribution in [1.29, 1.82) is 0 Å². The fourth-order valence-electron chi connectivity index (χ4n) is 4.14. The third kappa shape index (κ3) is 3.99. The van der Waals surface area contributed by atoms with E-state index in [9.17, 15) is 18.0 Å². The predicted molar refractivity (Wildman–Crippen MR) is 114 cm³/mol. The van der Waals surface area contributed by atoms with Crippen LogP contribution in [0.25, 0.3) is 5.82 Å². The summed E-state index contributed by atoms with van der Waals surface area (Å²) >= 11 is 6.43. The molecular weight excluding hydrogens is 461 g/mol. The van der Waals surface area contributed by atoms with Crippen LogP contribution in [0.15, 0.2) is 47.5 Å². The summed E-state index contributed by atoms with van der Waals surface area (Å²) in [7, 11) is 0. The molecule has 0 radical (unpaired) electrons. The molecule has 5 rings (SSSR count). The minimum atomic E-state index is -4.52. The van der Waals surface area contributed by atoms with Gasteiger partial charge in [-0.1, -0.05) is 17.7 Å². The number of hydrogen-bond acceptors (Lipinski definition) is 6. The molecule has 172 valence electrons. The van der Waals surface area contributed by atoms with Gasteiger partial charge in [0, 0.05) is 12.7 Å². The first-order chi connectivity index (χ1) is 15.8. The van der Waals surface area contributed by atoms with E-state index in [-0.39, 0.29) is 16.9 Å². The van der Waals surface area contributed by atoms with E-state index >= 15 is 0 Å². The molecule has 1 saturated heterocycles. The number of rotatable bonds is 3. The summed E-state index contributed by atoms with van der Waals surface area (Å²) in [5, 5.41) is 4.06. The van der Waals surface area contributed by atoms with Gasteiger partial charge in [-0.25, -0.2) is 4.98 Å². The normalized spacial score (nSPS) is 17.9. The van der Waals surface area contributed by atoms with E-state index in [2.05, 4.69) is 10.1 Å². The Balaban J connectivity index is 1.46. The van der Waals surface area contributed by atoms with Crippen molar-refractivity contribution in [1.82, 2.24) is 14.8 Å². The Labute approximate surface area is 191 Å². The average molecular weight is 479 g/mol. The molecule has 1 unspecified atom stereocenters. The van der Waals surface area contributed by atoms with Crippen molar-refractivity contribution in [3.05, 3.63) is 69.2 Å². The molecule has 0 bridgehead atoms. The van der Waals surface area contributed by atoms with Gasteiger partial charge >= 0.3 is 6.18 Å². The quantitative estimate of drug-likeness (QED) is 0.555. The van der Waals surface area contributed by atoms with Crippen molar-refractivity contribution >= 4 is 17.3 Å². The van der Waals surface area contributed by atoms with Crippen molar-refractivity contribution < 1.29 is 22.6 Å². The highest BCUT2D eigenvalue weighted by molar-refractivity contribution is 6.33. The van der Waals surface area contributed by atoms with Crippen molar-refractivity contribution in [3.8, 4) is 17.3 Å². The fraction of sp³-hybridized carbons (Fsp3) is 0.318. The molecule has 1 fully saturated rings. The Hall–Kier alpha value is -3.27. The van der Waals surface area contributed by atoms with Crippen molar-refractivity contribution in [3.63, 3.8) is 0 Å². The fourth-order valence-corrected chi connectivity index (χ4v) is 4.37. The first-order valence-electron chi connectivity index (χ1n) is 10.3. The minimum absolute atomic E-state index is 0.0421. The summed E-state index contributed by atoms with van der Waals surface area (Å²) in [6.45, 7) is 1.66. The number of ether oxygens (including phenoxy) is 2. The molecule has 2 aromatic heterocycles. The monoisotopic (exact) mass is 478 g/mol. The van der Waals surface area contributed by atoms with Crippen LogP contribution in [-0.2, 0) is 6.18 Å². The number of benzene rings is 1. The molecule has 4 heterocycles. The van der Waals surface area contributed by atoms with E-state index in [1.54, 1.807) is 0 Å². The number of hydrogen-bond donors (Lipinski definition) is 0. The van der Waals surface area contributed by atoms with Gasteiger partial charge in [0.05, 0.1) is 23.5 Å². The van der Waals surface area contributed by atoms with Crippen LogP contribution >= 0.6 is 11.6 Å². The Morgan fingerprint density at radius 2 is 1.85 bits per heavy atom. The highest BCUT2D eigenvalue weighted by Gasteiger charge is 2.32. The predicted octanol–water partition coefficient (Wildman–Crippen LogP) is 4.41. The van der Waals surface area contributed by atoms with Gasteiger partial charge < -0.3 is 14.4 Å². The van der Waals surface area contributed by atoms with Crippen LogP contribution in [0.5, 0.6) is 11.5 Å². The summed E-state index contributed by atoms with van der Waals surface area (Å²) in [5.74, 6) is 1.32. The summed E-state index contributed by atoms with van der Waals surface area (Å²) in [6.07, 6.45) is -0.689. The van der Waals surface area contributed by atoms with Crippen LogP contribution < -0.4 is 19.9 Å². The zero-order valence-electron chi connectivity index (χ0n) is 17.2. The van der Waals surface area contributed by atoms with Gasteiger partial charge in [-0.15, -0.1) is 0 Å². The maximum Gasteiger partial charge on any atom is 0.417 e. The molecule has 0 N–H and O–H groups in total. The SMILES string of the molecule is O=c1c(Cl)c(N2CCCC2c2ccc3c(c2)OCCO3)cnn1-c1ccc(C(F)(F)F)cn1. The molecule has 0 saturated carbocycles. The molecule has 0 amide bonds. The molecule has 0 aliphatic carbocycles. The van der Waals surface area contributed by atoms with E-state index < -0.39 is 17.3 Å². The average Bonchev–Trinajstić information content (AvgIpc) is 3.30. The van der Waals surface area contributed by atoms with Crippen LogP contribution in [0.1, 0.15) is 30.0 Å². The number of alkyl halides is 3. The number of aromatic nitrogens is 3. The number of fused-ring (bicyclic) bond motifs is 1. The molecule has 2 aliphatic rings. The van der Waals surface area contributed by atoms with Crippen LogP contribution in [0, 0.1) is 0 Å². The van der Waals surface area contributed by atoms with E-state index in [0.717, 1.165) is 35.2 Å². The maximum atomic E-state index is 12.9. The summed E-state index contributed by atoms with van der Waals surface area (Å²) in [5.41, 5.74) is -0.112. The lowest BCUT2D eigenvalue weighted by Crippen LogP contribution is -2.29. The maximum absolute atomic E-state index is 12.9. The Kier molecular flexibility index (Phi) is 5.40. The highest BCUT2D eigenvalue weighted by Crippen LogP contribution is 2.41.